The number of piperidine rings is 2. The number of H-pyrrole nitrogens is 1. The van der Waals surface area contributed by atoms with Gasteiger partial charge < -0.3 is 14.8 Å². The van der Waals surface area contributed by atoms with E-state index in [1.165, 1.54) is 32.4 Å². The molecular weight excluding hydrogens is 512 g/mol. The molecule has 2 aliphatic rings. The van der Waals surface area contributed by atoms with Crippen molar-refractivity contribution in [2.24, 2.45) is 0 Å². The lowest BCUT2D eigenvalue weighted by atomic mass is 9.99. The van der Waals surface area contributed by atoms with Crippen LogP contribution in [-0.2, 0) is 6.54 Å². The van der Waals surface area contributed by atoms with Crippen LogP contribution in [0.3, 0.4) is 0 Å². The summed E-state index contributed by atoms with van der Waals surface area (Å²) in [5.41, 5.74) is 2.23. The smallest absolute Gasteiger partial charge is 0.262 e. The summed E-state index contributed by atoms with van der Waals surface area (Å²) in [6.45, 7) is 4.62. The van der Waals surface area contributed by atoms with Crippen LogP contribution in [-0.4, -0.2) is 52.6 Å². The number of nitrogens with zero attached hydrogens (tertiary/aromatic N) is 2. The van der Waals surface area contributed by atoms with Crippen molar-refractivity contribution in [3.63, 3.8) is 0 Å². The van der Waals surface area contributed by atoms with Gasteiger partial charge in [0.25, 0.3) is 11.5 Å². The first-order chi connectivity index (χ1) is 16.5. The van der Waals surface area contributed by atoms with Crippen LogP contribution < -0.4 is 10.5 Å². The molecule has 0 spiro atoms. The summed E-state index contributed by atoms with van der Waals surface area (Å²) in [4.78, 5) is 33.0. The molecule has 0 aliphatic carbocycles. The zero-order chi connectivity index (χ0) is 23.7. The van der Waals surface area contributed by atoms with Crippen molar-refractivity contribution in [2.45, 2.75) is 44.7 Å². The Morgan fingerprint density at radius 2 is 1.76 bits per heavy atom. The van der Waals surface area contributed by atoms with E-state index in [1.807, 2.05) is 41.3 Å². The largest absolute Gasteiger partial charge is 0.338 e. The van der Waals surface area contributed by atoms with Gasteiger partial charge in [0.2, 0.25) is 0 Å². The number of carbonyl (C=O) groups excluding carboxylic acids is 1. The fourth-order valence-corrected chi connectivity index (χ4v) is 6.01. The molecule has 2 saturated heterocycles. The molecule has 2 N–H and O–H groups in total. The Hall–Kier alpha value is -2.29. The number of aromatic nitrogens is 2. The van der Waals surface area contributed by atoms with Crippen LogP contribution in [0.5, 0.6) is 0 Å². The molecule has 1 amide bonds. The molecule has 0 saturated carbocycles. The van der Waals surface area contributed by atoms with Crippen molar-refractivity contribution >= 4 is 45.0 Å². The molecule has 3 heterocycles. The zero-order valence-electron chi connectivity index (χ0n) is 19.2. The first-order valence-corrected chi connectivity index (χ1v) is 13.3. The topological polar surface area (TPSA) is 62.5 Å². The number of aromatic amines is 1. The minimum Gasteiger partial charge on any atom is -0.338 e. The van der Waals surface area contributed by atoms with Gasteiger partial charge in [0.15, 0.2) is 4.77 Å². The van der Waals surface area contributed by atoms with Crippen LogP contribution in [0, 0.1) is 4.77 Å². The molecule has 6 nitrogen and oxygen atoms in total. The van der Waals surface area contributed by atoms with E-state index in [9.17, 15) is 9.59 Å². The third-order valence-corrected chi connectivity index (χ3v) is 8.16. The van der Waals surface area contributed by atoms with E-state index in [0.29, 0.717) is 28.3 Å². The fraction of sp³-hybridized carbons (Fsp3) is 0.423. The number of quaternary nitrogens is 1. The lowest BCUT2D eigenvalue weighted by Crippen LogP contribution is -3.16. The second-order valence-corrected chi connectivity index (χ2v) is 10.8. The molecule has 2 aromatic carbocycles. The molecule has 0 atom stereocenters. The Labute approximate surface area is 212 Å². The number of nitrogens with one attached hydrogen (secondary N) is 2. The van der Waals surface area contributed by atoms with Crippen LogP contribution in [0.1, 0.15) is 48.0 Å². The summed E-state index contributed by atoms with van der Waals surface area (Å²) >= 11 is 8.87. The normalized spacial score (nSPS) is 17.9. The van der Waals surface area contributed by atoms with Crippen LogP contribution >= 0.6 is 28.1 Å². The van der Waals surface area contributed by atoms with Gasteiger partial charge in [0.05, 0.1) is 36.6 Å². The third-order valence-electron chi connectivity index (χ3n) is 7.34. The number of carbonyl (C=O) groups is 1. The average Bonchev–Trinajstić information content (AvgIpc) is 2.88. The number of benzene rings is 2. The van der Waals surface area contributed by atoms with Crippen LogP contribution in [0.2, 0.25) is 0 Å². The van der Waals surface area contributed by atoms with Gasteiger partial charge in [-0.15, -0.1) is 0 Å². The van der Waals surface area contributed by atoms with E-state index < -0.39 is 0 Å². The quantitative estimate of drug-likeness (QED) is 0.496. The Morgan fingerprint density at radius 3 is 2.47 bits per heavy atom. The molecule has 34 heavy (non-hydrogen) atoms. The molecular formula is C26H30BrN4O2S+. The SMILES string of the molecule is O=C(c1ccc(Cn2c(=S)[nH]c3ccc(Br)cc3c2=O)cc1)N1CCC([NH+]2CCCCC2)CC1. The van der Waals surface area contributed by atoms with Crippen LogP contribution in [0.25, 0.3) is 10.9 Å². The Kier molecular flexibility index (Phi) is 6.99. The fourth-order valence-electron chi connectivity index (χ4n) is 5.39. The van der Waals surface area contributed by atoms with Gasteiger partial charge in [-0.1, -0.05) is 28.1 Å². The zero-order valence-corrected chi connectivity index (χ0v) is 21.6. The lowest BCUT2D eigenvalue weighted by molar-refractivity contribution is -0.931. The first-order valence-electron chi connectivity index (χ1n) is 12.1. The number of rotatable bonds is 4. The highest BCUT2D eigenvalue weighted by molar-refractivity contribution is 9.10. The van der Waals surface area contributed by atoms with Gasteiger partial charge in [-0.3, -0.25) is 14.2 Å². The monoisotopic (exact) mass is 541 g/mol. The van der Waals surface area contributed by atoms with Gasteiger partial charge in [-0.25, -0.2) is 0 Å². The summed E-state index contributed by atoms with van der Waals surface area (Å²) < 4.78 is 2.80. The average molecular weight is 543 g/mol. The molecule has 2 aliphatic heterocycles. The lowest BCUT2D eigenvalue weighted by Gasteiger charge is -2.37. The van der Waals surface area contributed by atoms with E-state index in [4.69, 9.17) is 12.2 Å². The van der Waals surface area contributed by atoms with E-state index in [1.54, 1.807) is 15.5 Å². The van der Waals surface area contributed by atoms with Crippen LogP contribution in [0.15, 0.2) is 51.7 Å². The summed E-state index contributed by atoms with van der Waals surface area (Å²) in [6.07, 6.45) is 6.25. The highest BCUT2D eigenvalue weighted by atomic mass is 79.9. The molecule has 5 rings (SSSR count). The van der Waals surface area contributed by atoms with Crippen molar-refractivity contribution in [2.75, 3.05) is 26.2 Å². The molecule has 2 fully saturated rings. The van der Waals surface area contributed by atoms with Gasteiger partial charge in [0.1, 0.15) is 0 Å². The second kappa shape index (κ2) is 10.1. The predicted molar refractivity (Wildman–Crippen MR) is 140 cm³/mol. The maximum Gasteiger partial charge on any atom is 0.262 e. The van der Waals surface area contributed by atoms with E-state index in [2.05, 4.69) is 20.9 Å². The Morgan fingerprint density at radius 1 is 1.06 bits per heavy atom. The number of halogens is 1. The standard InChI is InChI=1S/C26H29BrN4O2S/c27-20-8-9-23-22(16-20)25(33)31(26(34)28-23)17-18-4-6-19(7-5-18)24(32)30-14-10-21(11-15-30)29-12-2-1-3-13-29/h4-9,16,21H,1-3,10-15,17H2,(H,28,34)/p+1. The summed E-state index contributed by atoms with van der Waals surface area (Å²) in [5.74, 6) is 0.101. The van der Waals surface area contributed by atoms with Gasteiger partial charge >= 0.3 is 0 Å². The van der Waals surface area contributed by atoms with E-state index >= 15 is 0 Å². The van der Waals surface area contributed by atoms with E-state index in [-0.39, 0.29) is 11.5 Å². The molecule has 0 unspecified atom stereocenters. The first kappa shape index (κ1) is 23.5. The number of likely N-dealkylation sites (tertiary alicyclic amines) is 2. The minimum atomic E-state index is -0.126. The molecule has 0 radical (unpaired) electrons. The molecule has 8 heteroatoms. The number of hydrogen-bond donors (Lipinski definition) is 2. The Balaban J connectivity index is 1.26. The molecule has 178 valence electrons. The van der Waals surface area contributed by atoms with Crippen LogP contribution in [0.4, 0.5) is 0 Å². The Bertz CT molecular complexity index is 1300. The predicted octanol–water partition coefficient (Wildman–Crippen LogP) is 3.54. The summed E-state index contributed by atoms with van der Waals surface area (Å²) in [5, 5.41) is 0.588. The number of fused-ring (bicyclic) bond motifs is 1. The van der Waals surface area contributed by atoms with Gasteiger partial charge in [-0.2, -0.15) is 0 Å². The minimum absolute atomic E-state index is 0.101. The van der Waals surface area contributed by atoms with E-state index in [0.717, 1.165) is 41.5 Å². The molecule has 3 aromatic rings. The summed E-state index contributed by atoms with van der Waals surface area (Å²) in [6, 6.07) is 13.8. The number of amides is 1. The third kappa shape index (κ3) is 4.90. The van der Waals surface area contributed by atoms with Crippen molar-refractivity contribution in [1.82, 2.24) is 14.5 Å². The highest BCUT2D eigenvalue weighted by Gasteiger charge is 2.30. The second-order valence-electron chi connectivity index (χ2n) is 9.49. The van der Waals surface area contributed by atoms with Crippen molar-refractivity contribution in [1.29, 1.82) is 0 Å². The van der Waals surface area contributed by atoms with Crippen molar-refractivity contribution in [3.05, 3.63) is 73.2 Å². The maximum absolute atomic E-state index is 13.1. The summed E-state index contributed by atoms with van der Waals surface area (Å²) in [7, 11) is 0. The van der Waals surface area contributed by atoms with Crippen molar-refractivity contribution in [3.8, 4) is 0 Å². The van der Waals surface area contributed by atoms with Crippen molar-refractivity contribution < 1.29 is 9.69 Å². The highest BCUT2D eigenvalue weighted by Crippen LogP contribution is 2.17. The number of hydrogen-bond acceptors (Lipinski definition) is 3. The maximum atomic E-state index is 13.1. The van der Waals surface area contributed by atoms with Gasteiger partial charge in [0, 0.05) is 36.0 Å². The van der Waals surface area contributed by atoms with Gasteiger partial charge in [-0.05, 0) is 67.4 Å². The molecule has 1 aromatic heterocycles. The molecule has 0 bridgehead atoms.